The van der Waals surface area contributed by atoms with Crippen LogP contribution in [0.5, 0.6) is 11.5 Å². The van der Waals surface area contributed by atoms with Gasteiger partial charge in [-0.15, -0.1) is 11.3 Å². The molecule has 1 aliphatic heterocycles. The molecule has 0 spiro atoms. The maximum Gasteiger partial charge on any atom is 0.225 e. The summed E-state index contributed by atoms with van der Waals surface area (Å²) in [7, 11) is 3.31. The normalized spacial score (nSPS) is 24.6. The Balaban J connectivity index is 1.66. The number of hydrogen-bond donors (Lipinski definition) is 0. The van der Waals surface area contributed by atoms with Crippen molar-refractivity contribution in [2.45, 2.75) is 46.1 Å². The van der Waals surface area contributed by atoms with E-state index in [1.165, 1.54) is 19.3 Å². The average Bonchev–Trinajstić information content (AvgIpc) is 3.23. The highest BCUT2D eigenvalue weighted by Crippen LogP contribution is 2.54. The minimum absolute atomic E-state index is 0.301. The van der Waals surface area contributed by atoms with Crippen molar-refractivity contribution in [3.63, 3.8) is 0 Å². The molecule has 2 atom stereocenters. The van der Waals surface area contributed by atoms with Gasteiger partial charge in [0.2, 0.25) is 5.28 Å². The highest BCUT2D eigenvalue weighted by Gasteiger charge is 2.50. The van der Waals surface area contributed by atoms with Crippen LogP contribution in [-0.4, -0.2) is 36.8 Å². The smallest absolute Gasteiger partial charge is 0.225 e. The van der Waals surface area contributed by atoms with Gasteiger partial charge in [0, 0.05) is 23.5 Å². The largest absolute Gasteiger partial charge is 0.493 e. The van der Waals surface area contributed by atoms with Gasteiger partial charge in [0.05, 0.1) is 19.6 Å². The van der Waals surface area contributed by atoms with E-state index in [0.29, 0.717) is 33.7 Å². The molecule has 1 saturated heterocycles. The molecule has 3 heterocycles. The maximum atomic E-state index is 6.40. The van der Waals surface area contributed by atoms with Gasteiger partial charge in [0.1, 0.15) is 10.6 Å². The lowest BCUT2D eigenvalue weighted by Gasteiger charge is -2.39. The van der Waals surface area contributed by atoms with Gasteiger partial charge in [0.25, 0.3) is 0 Å². The molecule has 2 fully saturated rings. The SMILES string of the molecule is COc1ccc(-c2csc3nc(Cl)nc(N4CC5(C)CC4CC(C)(C)C5)c23)cc1OC. The van der Waals surface area contributed by atoms with E-state index in [-0.39, 0.29) is 0 Å². The molecule has 1 aromatic carbocycles. The number of nitrogens with zero attached hydrogens (tertiary/aromatic N) is 3. The van der Waals surface area contributed by atoms with E-state index < -0.39 is 0 Å². The van der Waals surface area contributed by atoms with Gasteiger partial charge in [-0.1, -0.05) is 26.8 Å². The summed E-state index contributed by atoms with van der Waals surface area (Å²) in [6.45, 7) is 8.21. The van der Waals surface area contributed by atoms with E-state index in [1.54, 1.807) is 25.6 Å². The standard InChI is InChI=1S/C24H28ClN3O2S/c1-23(2)9-15-10-24(3,12-23)13-28(15)20-19-16(11-31-21(19)27-22(25)26-20)14-6-7-17(29-4)18(8-14)30-5/h6-8,11,15H,9-10,12-13H2,1-5H3. The Kier molecular flexibility index (Phi) is 4.87. The Morgan fingerprint density at radius 3 is 2.61 bits per heavy atom. The summed E-state index contributed by atoms with van der Waals surface area (Å²) >= 11 is 8.01. The zero-order valence-electron chi connectivity index (χ0n) is 18.7. The molecule has 31 heavy (non-hydrogen) atoms. The molecule has 164 valence electrons. The molecule has 7 heteroatoms. The second-order valence-corrected chi connectivity index (χ2v) is 11.3. The van der Waals surface area contributed by atoms with Gasteiger partial charge < -0.3 is 14.4 Å². The summed E-state index contributed by atoms with van der Waals surface area (Å²) in [6.07, 6.45) is 3.61. The zero-order chi connectivity index (χ0) is 22.0. The lowest BCUT2D eigenvalue weighted by atomic mass is 9.65. The molecule has 0 radical (unpaired) electrons. The van der Waals surface area contributed by atoms with Crippen LogP contribution in [0.1, 0.15) is 40.0 Å². The summed E-state index contributed by atoms with van der Waals surface area (Å²) in [4.78, 5) is 12.8. The van der Waals surface area contributed by atoms with Crippen molar-refractivity contribution in [2.24, 2.45) is 10.8 Å². The van der Waals surface area contributed by atoms with E-state index in [4.69, 9.17) is 26.1 Å². The molecular formula is C24H28ClN3O2S. The van der Waals surface area contributed by atoms with Crippen LogP contribution < -0.4 is 14.4 Å². The second kappa shape index (κ2) is 7.24. The number of hydrogen-bond acceptors (Lipinski definition) is 6. The lowest BCUT2D eigenvalue weighted by Crippen LogP contribution is -2.35. The number of aromatic nitrogens is 2. The number of methoxy groups -OCH3 is 2. The summed E-state index contributed by atoms with van der Waals surface area (Å²) in [5.74, 6) is 2.39. The van der Waals surface area contributed by atoms with Crippen LogP contribution in [0.3, 0.4) is 0 Å². The van der Waals surface area contributed by atoms with Crippen molar-refractivity contribution in [3.8, 4) is 22.6 Å². The van der Waals surface area contributed by atoms with Crippen molar-refractivity contribution in [2.75, 3.05) is 25.7 Å². The summed E-state index contributed by atoms with van der Waals surface area (Å²) in [6, 6.07) is 6.50. The predicted molar refractivity (Wildman–Crippen MR) is 128 cm³/mol. The first-order chi connectivity index (χ1) is 14.7. The van der Waals surface area contributed by atoms with Crippen LogP contribution in [0.25, 0.3) is 21.3 Å². The fourth-order valence-corrected chi connectivity index (χ4v) is 7.19. The Labute approximate surface area is 192 Å². The maximum absolute atomic E-state index is 6.40. The first kappa shape index (κ1) is 20.8. The van der Waals surface area contributed by atoms with E-state index in [9.17, 15) is 0 Å². The van der Waals surface area contributed by atoms with Crippen molar-refractivity contribution < 1.29 is 9.47 Å². The van der Waals surface area contributed by atoms with Crippen LogP contribution in [0, 0.1) is 10.8 Å². The highest BCUT2D eigenvalue weighted by molar-refractivity contribution is 7.17. The second-order valence-electron chi connectivity index (χ2n) is 10.1. The van der Waals surface area contributed by atoms with Crippen molar-refractivity contribution in [1.82, 2.24) is 9.97 Å². The van der Waals surface area contributed by atoms with E-state index in [0.717, 1.165) is 33.7 Å². The fourth-order valence-electron chi connectivity index (χ4n) is 6.03. The van der Waals surface area contributed by atoms with Crippen LogP contribution >= 0.6 is 22.9 Å². The number of thiophene rings is 1. The van der Waals surface area contributed by atoms with Crippen LogP contribution in [0.2, 0.25) is 5.28 Å². The number of rotatable bonds is 4. The molecule has 2 aromatic heterocycles. The topological polar surface area (TPSA) is 47.5 Å². The Morgan fingerprint density at radius 1 is 1.10 bits per heavy atom. The van der Waals surface area contributed by atoms with E-state index in [2.05, 4.69) is 42.1 Å². The minimum Gasteiger partial charge on any atom is -0.493 e. The average molecular weight is 458 g/mol. The van der Waals surface area contributed by atoms with Crippen molar-refractivity contribution in [3.05, 3.63) is 28.9 Å². The highest BCUT2D eigenvalue weighted by atomic mass is 35.5. The number of benzene rings is 1. The van der Waals surface area contributed by atoms with Gasteiger partial charge in [-0.05, 0) is 59.4 Å². The summed E-state index contributed by atoms with van der Waals surface area (Å²) in [5.41, 5.74) is 2.81. The Morgan fingerprint density at radius 2 is 1.87 bits per heavy atom. The molecule has 0 N–H and O–H groups in total. The number of ether oxygens (including phenoxy) is 2. The molecule has 1 saturated carbocycles. The number of halogens is 1. The molecule has 2 bridgehead atoms. The van der Waals surface area contributed by atoms with Gasteiger partial charge in [-0.2, -0.15) is 4.98 Å². The molecule has 3 aromatic rings. The van der Waals surface area contributed by atoms with Crippen LogP contribution in [0.4, 0.5) is 5.82 Å². The molecule has 2 aliphatic rings. The third kappa shape index (κ3) is 3.54. The third-order valence-corrected chi connectivity index (χ3v) is 7.81. The monoisotopic (exact) mass is 457 g/mol. The summed E-state index contributed by atoms with van der Waals surface area (Å²) in [5, 5.41) is 3.54. The van der Waals surface area contributed by atoms with Crippen molar-refractivity contribution >= 4 is 39.0 Å². The fraction of sp³-hybridized carbons (Fsp3) is 0.500. The molecule has 5 nitrogen and oxygen atoms in total. The third-order valence-electron chi connectivity index (χ3n) is 6.77. The van der Waals surface area contributed by atoms with Gasteiger partial charge in [0.15, 0.2) is 11.5 Å². The number of anilines is 1. The van der Waals surface area contributed by atoms with E-state index in [1.807, 2.05) is 12.1 Å². The lowest BCUT2D eigenvalue weighted by molar-refractivity contribution is 0.136. The minimum atomic E-state index is 0.301. The van der Waals surface area contributed by atoms with Crippen molar-refractivity contribution in [1.29, 1.82) is 0 Å². The summed E-state index contributed by atoms with van der Waals surface area (Å²) < 4.78 is 11.0. The molecule has 2 unspecified atom stereocenters. The van der Waals surface area contributed by atoms with Gasteiger partial charge in [-0.3, -0.25) is 0 Å². The predicted octanol–water partition coefficient (Wildman–Crippen LogP) is 6.43. The van der Waals surface area contributed by atoms with Crippen LogP contribution in [0.15, 0.2) is 23.6 Å². The first-order valence-electron chi connectivity index (χ1n) is 10.7. The first-order valence-corrected chi connectivity index (χ1v) is 11.9. The van der Waals surface area contributed by atoms with Crippen LogP contribution in [-0.2, 0) is 0 Å². The number of fused-ring (bicyclic) bond motifs is 3. The molecule has 1 aliphatic carbocycles. The van der Waals surface area contributed by atoms with E-state index >= 15 is 0 Å². The Bertz CT molecular complexity index is 1160. The quantitative estimate of drug-likeness (QED) is 0.422. The molecule has 5 rings (SSSR count). The molecule has 0 amide bonds. The Hall–Kier alpha value is -2.05. The molecular weight excluding hydrogens is 430 g/mol. The van der Waals surface area contributed by atoms with Gasteiger partial charge in [-0.25, -0.2) is 4.98 Å². The zero-order valence-corrected chi connectivity index (χ0v) is 20.2. The van der Waals surface area contributed by atoms with Gasteiger partial charge >= 0.3 is 0 Å².